The first-order valence-electron chi connectivity index (χ1n) is 10.9. The number of anilines is 1. The van der Waals surface area contributed by atoms with Gasteiger partial charge in [0.25, 0.3) is 11.7 Å². The highest BCUT2D eigenvalue weighted by atomic mass is 16.5. The molecule has 2 heterocycles. The predicted molar refractivity (Wildman–Crippen MR) is 127 cm³/mol. The number of ketones is 1. The molecule has 6 nitrogen and oxygen atoms in total. The fourth-order valence-corrected chi connectivity index (χ4v) is 4.24. The summed E-state index contributed by atoms with van der Waals surface area (Å²) < 4.78 is 5.59. The number of aryl methyl sites for hydroxylation is 3. The molecule has 1 amide bonds. The van der Waals surface area contributed by atoms with Gasteiger partial charge in [-0.1, -0.05) is 23.8 Å². The molecule has 0 radical (unpaired) electrons. The Kier molecular flexibility index (Phi) is 6.01. The number of carbonyl (C=O) groups excluding carboxylic acids is 2. The van der Waals surface area contributed by atoms with Gasteiger partial charge in [0.15, 0.2) is 0 Å². The Labute approximate surface area is 193 Å². The van der Waals surface area contributed by atoms with E-state index in [-0.39, 0.29) is 11.3 Å². The number of Topliss-reactive ketones (excluding diaryl/α,β-unsaturated/α-hetero) is 1. The lowest BCUT2D eigenvalue weighted by Gasteiger charge is -2.26. The van der Waals surface area contributed by atoms with Crippen molar-refractivity contribution in [1.82, 2.24) is 4.98 Å². The van der Waals surface area contributed by atoms with Gasteiger partial charge in [-0.25, -0.2) is 0 Å². The van der Waals surface area contributed by atoms with Gasteiger partial charge >= 0.3 is 0 Å². The second-order valence-electron chi connectivity index (χ2n) is 8.13. The van der Waals surface area contributed by atoms with Crippen LogP contribution in [0.3, 0.4) is 0 Å². The zero-order chi connectivity index (χ0) is 23.7. The molecule has 1 fully saturated rings. The standard InChI is InChI=1S/C27H26N2O4/c1-5-33-22-12-10-19(15-18(22)4)25(30)23-24(20-8-6-7-13-28-20)29(27(32)26(23)31)21-11-9-16(2)14-17(21)3/h6-15,24,30H,5H2,1-4H3/b25-23+. The van der Waals surface area contributed by atoms with Crippen LogP contribution >= 0.6 is 0 Å². The summed E-state index contributed by atoms with van der Waals surface area (Å²) in [6, 6.07) is 15.3. The first-order valence-corrected chi connectivity index (χ1v) is 10.9. The Morgan fingerprint density at radius 2 is 1.82 bits per heavy atom. The smallest absolute Gasteiger partial charge is 0.300 e. The van der Waals surface area contributed by atoms with Gasteiger partial charge < -0.3 is 9.84 Å². The van der Waals surface area contributed by atoms with Crippen molar-refractivity contribution >= 4 is 23.1 Å². The summed E-state index contributed by atoms with van der Waals surface area (Å²) in [4.78, 5) is 32.4. The van der Waals surface area contributed by atoms with Crippen LogP contribution in [0.5, 0.6) is 5.75 Å². The molecule has 33 heavy (non-hydrogen) atoms. The molecule has 0 saturated carbocycles. The van der Waals surface area contributed by atoms with Crippen molar-refractivity contribution in [1.29, 1.82) is 0 Å². The quantitative estimate of drug-likeness (QED) is 0.341. The molecule has 2 aromatic carbocycles. The number of ether oxygens (including phenoxy) is 1. The number of carbonyl (C=O) groups is 2. The number of hydrogen-bond donors (Lipinski definition) is 1. The summed E-state index contributed by atoms with van der Waals surface area (Å²) in [6.45, 7) is 8.15. The molecule has 0 spiro atoms. The van der Waals surface area contributed by atoms with Crippen LogP contribution in [0.4, 0.5) is 5.69 Å². The zero-order valence-electron chi connectivity index (χ0n) is 19.1. The first kappa shape index (κ1) is 22.3. The molecular formula is C27H26N2O4. The van der Waals surface area contributed by atoms with E-state index in [2.05, 4.69) is 4.98 Å². The molecule has 4 rings (SSSR count). The number of pyridine rings is 1. The molecule has 168 valence electrons. The molecular weight excluding hydrogens is 416 g/mol. The molecule has 6 heteroatoms. The van der Waals surface area contributed by atoms with Crippen LogP contribution < -0.4 is 9.64 Å². The Bertz CT molecular complexity index is 1260. The summed E-state index contributed by atoms with van der Waals surface area (Å²) in [5.74, 6) is -0.968. The monoisotopic (exact) mass is 442 g/mol. The zero-order valence-corrected chi connectivity index (χ0v) is 19.1. The van der Waals surface area contributed by atoms with E-state index in [1.807, 2.05) is 45.9 Å². The van der Waals surface area contributed by atoms with Gasteiger partial charge in [0.1, 0.15) is 17.6 Å². The summed E-state index contributed by atoms with van der Waals surface area (Å²) in [6.07, 6.45) is 1.61. The molecule has 1 aliphatic heterocycles. The number of amides is 1. The van der Waals surface area contributed by atoms with Crippen LogP contribution in [0.1, 0.15) is 40.9 Å². The maximum atomic E-state index is 13.3. The van der Waals surface area contributed by atoms with E-state index in [1.165, 1.54) is 4.90 Å². The lowest BCUT2D eigenvalue weighted by atomic mass is 9.97. The number of aromatic nitrogens is 1. The number of aliphatic hydroxyl groups is 1. The van der Waals surface area contributed by atoms with Gasteiger partial charge in [-0.15, -0.1) is 0 Å². The summed E-state index contributed by atoms with van der Waals surface area (Å²) >= 11 is 0. The normalized spacial score (nSPS) is 17.5. The van der Waals surface area contributed by atoms with E-state index >= 15 is 0 Å². The van der Waals surface area contributed by atoms with E-state index in [1.54, 1.807) is 42.6 Å². The van der Waals surface area contributed by atoms with E-state index in [9.17, 15) is 14.7 Å². The Hall–Kier alpha value is -3.93. The van der Waals surface area contributed by atoms with E-state index in [0.29, 0.717) is 29.3 Å². The maximum Gasteiger partial charge on any atom is 0.300 e. The second-order valence-corrected chi connectivity index (χ2v) is 8.13. The number of benzene rings is 2. The average molecular weight is 443 g/mol. The third-order valence-electron chi connectivity index (χ3n) is 5.77. The van der Waals surface area contributed by atoms with Crippen LogP contribution in [-0.4, -0.2) is 28.4 Å². The fourth-order valence-electron chi connectivity index (χ4n) is 4.24. The van der Waals surface area contributed by atoms with Crippen molar-refractivity contribution in [3.8, 4) is 5.75 Å². The van der Waals surface area contributed by atoms with Crippen LogP contribution in [-0.2, 0) is 9.59 Å². The average Bonchev–Trinajstić information content (AvgIpc) is 3.06. The van der Waals surface area contributed by atoms with Crippen LogP contribution in [0.2, 0.25) is 0 Å². The highest BCUT2D eigenvalue weighted by Gasteiger charge is 2.48. The van der Waals surface area contributed by atoms with E-state index < -0.39 is 17.7 Å². The number of aliphatic hydroxyl groups excluding tert-OH is 1. The fraction of sp³-hybridized carbons (Fsp3) is 0.222. The van der Waals surface area contributed by atoms with Gasteiger partial charge in [-0.3, -0.25) is 19.5 Å². The molecule has 1 N–H and O–H groups in total. The molecule has 1 atom stereocenters. The van der Waals surface area contributed by atoms with Crippen LogP contribution in [0.25, 0.3) is 5.76 Å². The SMILES string of the molecule is CCOc1ccc(/C(O)=C2\C(=O)C(=O)N(c3ccc(C)cc3C)C2c2ccccn2)cc1C. The van der Waals surface area contributed by atoms with Crippen LogP contribution in [0, 0.1) is 20.8 Å². The molecule has 1 aromatic heterocycles. The Morgan fingerprint density at radius 3 is 2.45 bits per heavy atom. The van der Waals surface area contributed by atoms with E-state index in [0.717, 1.165) is 16.7 Å². The van der Waals surface area contributed by atoms with Crippen molar-refractivity contribution in [2.75, 3.05) is 11.5 Å². The number of nitrogens with zero attached hydrogens (tertiary/aromatic N) is 2. The van der Waals surface area contributed by atoms with Crippen molar-refractivity contribution in [2.45, 2.75) is 33.7 Å². The van der Waals surface area contributed by atoms with Gasteiger partial charge in [0.2, 0.25) is 0 Å². The van der Waals surface area contributed by atoms with Crippen molar-refractivity contribution in [3.05, 3.63) is 94.3 Å². The van der Waals surface area contributed by atoms with Gasteiger partial charge in [0.05, 0.1) is 17.9 Å². The summed E-state index contributed by atoms with van der Waals surface area (Å²) in [7, 11) is 0. The molecule has 1 aliphatic rings. The molecule has 1 unspecified atom stereocenters. The predicted octanol–water partition coefficient (Wildman–Crippen LogP) is 5.03. The minimum Gasteiger partial charge on any atom is -0.507 e. The summed E-state index contributed by atoms with van der Waals surface area (Å²) in [5, 5.41) is 11.3. The van der Waals surface area contributed by atoms with Crippen molar-refractivity contribution in [2.24, 2.45) is 0 Å². The van der Waals surface area contributed by atoms with Gasteiger partial charge in [-0.2, -0.15) is 0 Å². The Morgan fingerprint density at radius 1 is 1.03 bits per heavy atom. The van der Waals surface area contributed by atoms with Gasteiger partial charge in [-0.05, 0) is 75.2 Å². The van der Waals surface area contributed by atoms with Gasteiger partial charge in [0, 0.05) is 17.4 Å². The highest BCUT2D eigenvalue weighted by Crippen LogP contribution is 2.42. The first-order chi connectivity index (χ1) is 15.8. The second kappa shape index (κ2) is 8.90. The molecule has 1 saturated heterocycles. The number of hydrogen-bond acceptors (Lipinski definition) is 5. The lowest BCUT2D eigenvalue weighted by molar-refractivity contribution is -0.132. The van der Waals surface area contributed by atoms with Crippen molar-refractivity contribution in [3.63, 3.8) is 0 Å². The minimum absolute atomic E-state index is 0.0160. The summed E-state index contributed by atoms with van der Waals surface area (Å²) in [5.41, 5.74) is 4.29. The third-order valence-corrected chi connectivity index (χ3v) is 5.77. The molecule has 3 aromatic rings. The van der Waals surface area contributed by atoms with E-state index in [4.69, 9.17) is 4.74 Å². The van der Waals surface area contributed by atoms with Crippen LogP contribution in [0.15, 0.2) is 66.4 Å². The minimum atomic E-state index is -0.848. The topological polar surface area (TPSA) is 79.7 Å². The van der Waals surface area contributed by atoms with Crippen molar-refractivity contribution < 1.29 is 19.4 Å². The Balaban J connectivity index is 1.92. The largest absolute Gasteiger partial charge is 0.507 e. The number of rotatable bonds is 5. The molecule has 0 bridgehead atoms. The molecule has 0 aliphatic carbocycles. The highest BCUT2D eigenvalue weighted by molar-refractivity contribution is 6.51. The third kappa shape index (κ3) is 4.00. The lowest BCUT2D eigenvalue weighted by Crippen LogP contribution is -2.30. The maximum absolute atomic E-state index is 13.3.